The molecule has 0 heterocycles. The van der Waals surface area contributed by atoms with E-state index in [1.165, 1.54) is 0 Å². The third kappa shape index (κ3) is 2.12. The van der Waals surface area contributed by atoms with Crippen LogP contribution in [0.1, 0.15) is 39.2 Å². The predicted octanol–water partition coefficient (Wildman–Crippen LogP) is 4.26. The SMILES string of the molecule is CC12CCC(C(=O)Nc3cc(C(F)(F)F)ccc3Cl)(C(=O)C1=O)C2(C)C. The number of anilines is 1. The van der Waals surface area contributed by atoms with E-state index in [4.69, 9.17) is 11.6 Å². The summed E-state index contributed by atoms with van der Waals surface area (Å²) in [6.07, 6.45) is -4.06. The number of carbonyl (C=O) groups excluding carboxylic acids is 3. The first-order valence-corrected chi connectivity index (χ1v) is 8.44. The minimum absolute atomic E-state index is 0.0851. The van der Waals surface area contributed by atoms with E-state index >= 15 is 0 Å². The molecule has 0 aromatic heterocycles. The molecule has 2 aliphatic rings. The van der Waals surface area contributed by atoms with E-state index in [0.717, 1.165) is 18.2 Å². The van der Waals surface area contributed by atoms with Crippen LogP contribution in [0.3, 0.4) is 0 Å². The molecule has 3 rings (SSSR count). The number of alkyl halides is 3. The normalized spacial score (nSPS) is 30.0. The largest absolute Gasteiger partial charge is 0.416 e. The van der Waals surface area contributed by atoms with Gasteiger partial charge >= 0.3 is 6.18 Å². The van der Waals surface area contributed by atoms with Crippen LogP contribution < -0.4 is 5.32 Å². The minimum atomic E-state index is -4.60. The van der Waals surface area contributed by atoms with Crippen molar-refractivity contribution in [2.24, 2.45) is 16.2 Å². The summed E-state index contributed by atoms with van der Waals surface area (Å²) in [5.41, 5.74) is -4.72. The molecule has 140 valence electrons. The van der Waals surface area contributed by atoms with Gasteiger partial charge in [-0.15, -0.1) is 0 Å². The number of fused-ring (bicyclic) bond motifs is 2. The summed E-state index contributed by atoms with van der Waals surface area (Å²) in [4.78, 5) is 38.0. The third-order valence-corrected chi connectivity index (χ3v) is 6.80. The molecule has 2 aliphatic carbocycles. The van der Waals surface area contributed by atoms with Gasteiger partial charge in [0.05, 0.1) is 16.3 Å². The Labute approximate surface area is 153 Å². The molecule has 1 aromatic carbocycles. The summed E-state index contributed by atoms with van der Waals surface area (Å²) in [6.45, 7) is 5.01. The van der Waals surface area contributed by atoms with E-state index in [-0.39, 0.29) is 17.1 Å². The van der Waals surface area contributed by atoms with Gasteiger partial charge in [-0.3, -0.25) is 14.4 Å². The van der Waals surface area contributed by atoms with Gasteiger partial charge in [-0.1, -0.05) is 32.4 Å². The smallest absolute Gasteiger partial charge is 0.324 e. The molecule has 2 fully saturated rings. The summed E-state index contributed by atoms with van der Waals surface area (Å²) in [6, 6.07) is 2.56. The van der Waals surface area contributed by atoms with Crippen molar-refractivity contribution in [3.05, 3.63) is 28.8 Å². The van der Waals surface area contributed by atoms with E-state index in [9.17, 15) is 27.6 Å². The quantitative estimate of drug-likeness (QED) is 0.609. The number of halogens is 4. The Balaban J connectivity index is 2.02. The number of amides is 1. The zero-order valence-electron chi connectivity index (χ0n) is 14.4. The van der Waals surface area contributed by atoms with Crippen molar-refractivity contribution >= 4 is 34.8 Å². The van der Waals surface area contributed by atoms with Crippen LogP contribution in [0.2, 0.25) is 5.02 Å². The molecule has 1 N–H and O–H groups in total. The highest BCUT2D eigenvalue weighted by Crippen LogP contribution is 2.69. The summed E-state index contributed by atoms with van der Waals surface area (Å²) in [5.74, 6) is -2.17. The Hall–Kier alpha value is -1.89. The van der Waals surface area contributed by atoms with Crippen LogP contribution in [0.5, 0.6) is 0 Å². The first-order valence-electron chi connectivity index (χ1n) is 8.06. The predicted molar refractivity (Wildman–Crippen MR) is 88.7 cm³/mol. The van der Waals surface area contributed by atoms with Crippen LogP contribution >= 0.6 is 11.6 Å². The zero-order valence-corrected chi connectivity index (χ0v) is 15.1. The molecule has 26 heavy (non-hydrogen) atoms. The number of hydrogen-bond acceptors (Lipinski definition) is 3. The molecule has 0 radical (unpaired) electrons. The van der Waals surface area contributed by atoms with Gasteiger partial charge in [0.25, 0.3) is 0 Å². The fourth-order valence-corrected chi connectivity index (χ4v) is 4.46. The molecule has 0 saturated heterocycles. The number of rotatable bonds is 2. The van der Waals surface area contributed by atoms with Crippen molar-refractivity contribution in [2.75, 3.05) is 5.32 Å². The van der Waals surface area contributed by atoms with Crippen LogP contribution in [0.25, 0.3) is 0 Å². The minimum Gasteiger partial charge on any atom is -0.324 e. The molecule has 1 amide bonds. The Morgan fingerprint density at radius 1 is 1.12 bits per heavy atom. The monoisotopic (exact) mass is 387 g/mol. The molecule has 2 atom stereocenters. The summed E-state index contributed by atoms with van der Waals surface area (Å²) < 4.78 is 38.8. The maximum atomic E-state index is 13.0. The second-order valence-corrected chi connectivity index (χ2v) is 8.07. The van der Waals surface area contributed by atoms with Crippen molar-refractivity contribution < 1.29 is 27.6 Å². The van der Waals surface area contributed by atoms with Gasteiger partial charge in [-0.2, -0.15) is 13.2 Å². The first-order chi connectivity index (χ1) is 11.8. The lowest BCUT2D eigenvalue weighted by molar-refractivity contribution is -0.147. The maximum Gasteiger partial charge on any atom is 0.416 e. The standard InChI is InChI=1S/C18H17ClF3NO3/c1-15(2)16(3)6-7-17(15,13(25)12(16)24)14(26)23-11-8-9(18(20,21)22)4-5-10(11)19/h4-5,8H,6-7H2,1-3H3,(H,23,26). The molecular formula is C18H17ClF3NO3. The van der Waals surface area contributed by atoms with Crippen LogP contribution in [0, 0.1) is 16.2 Å². The van der Waals surface area contributed by atoms with E-state index < -0.39 is 45.5 Å². The number of Topliss-reactive ketones (excluding diaryl/α,β-unsaturated/α-hetero) is 2. The Morgan fingerprint density at radius 3 is 2.23 bits per heavy atom. The number of benzene rings is 1. The van der Waals surface area contributed by atoms with E-state index in [1.54, 1.807) is 20.8 Å². The molecule has 2 bridgehead atoms. The molecule has 2 unspecified atom stereocenters. The van der Waals surface area contributed by atoms with Gasteiger partial charge in [-0.25, -0.2) is 0 Å². The Bertz CT molecular complexity index is 849. The van der Waals surface area contributed by atoms with Crippen LogP contribution in [-0.4, -0.2) is 17.5 Å². The molecule has 1 aromatic rings. The van der Waals surface area contributed by atoms with Gasteiger partial charge in [-0.05, 0) is 36.5 Å². The van der Waals surface area contributed by atoms with Gasteiger partial charge < -0.3 is 5.32 Å². The lowest BCUT2D eigenvalue weighted by Crippen LogP contribution is -2.47. The molecular weight excluding hydrogens is 371 g/mol. The summed E-state index contributed by atoms with van der Waals surface area (Å²) in [7, 11) is 0. The van der Waals surface area contributed by atoms with Crippen molar-refractivity contribution in [3.8, 4) is 0 Å². The Morgan fingerprint density at radius 2 is 1.73 bits per heavy atom. The van der Waals surface area contributed by atoms with Gasteiger partial charge in [0.2, 0.25) is 17.5 Å². The molecule has 2 saturated carbocycles. The fourth-order valence-electron chi connectivity index (χ4n) is 4.30. The number of carbonyl (C=O) groups is 3. The summed E-state index contributed by atoms with van der Waals surface area (Å²) in [5, 5.41) is 2.28. The third-order valence-electron chi connectivity index (χ3n) is 6.47. The van der Waals surface area contributed by atoms with E-state index in [2.05, 4.69) is 5.32 Å². The van der Waals surface area contributed by atoms with Gasteiger partial charge in [0.15, 0.2) is 0 Å². The maximum absolute atomic E-state index is 13.0. The zero-order chi connectivity index (χ0) is 19.7. The average Bonchev–Trinajstić information content (AvgIpc) is 2.80. The van der Waals surface area contributed by atoms with Crippen LogP contribution in [-0.2, 0) is 20.6 Å². The van der Waals surface area contributed by atoms with Crippen LogP contribution in [0.15, 0.2) is 18.2 Å². The van der Waals surface area contributed by atoms with Gasteiger partial charge in [0.1, 0.15) is 5.41 Å². The van der Waals surface area contributed by atoms with Crippen molar-refractivity contribution in [1.82, 2.24) is 0 Å². The number of nitrogens with one attached hydrogen (secondary N) is 1. The van der Waals surface area contributed by atoms with E-state index in [0.29, 0.717) is 6.42 Å². The topological polar surface area (TPSA) is 63.2 Å². The Kier molecular flexibility index (Phi) is 3.86. The average molecular weight is 388 g/mol. The number of hydrogen-bond donors (Lipinski definition) is 1. The number of ketones is 2. The lowest BCUT2D eigenvalue weighted by Gasteiger charge is -2.37. The molecule has 0 spiro atoms. The molecule has 4 nitrogen and oxygen atoms in total. The second kappa shape index (κ2) is 5.31. The first kappa shape index (κ1) is 18.9. The van der Waals surface area contributed by atoms with E-state index in [1.807, 2.05) is 0 Å². The fraction of sp³-hybridized carbons (Fsp3) is 0.500. The highest BCUT2D eigenvalue weighted by Gasteiger charge is 2.77. The van der Waals surface area contributed by atoms with Crippen molar-refractivity contribution in [1.29, 1.82) is 0 Å². The highest BCUT2D eigenvalue weighted by molar-refractivity contribution is 6.49. The highest BCUT2D eigenvalue weighted by atomic mass is 35.5. The second-order valence-electron chi connectivity index (χ2n) is 7.67. The van der Waals surface area contributed by atoms with Crippen molar-refractivity contribution in [2.45, 2.75) is 39.8 Å². The summed E-state index contributed by atoms with van der Waals surface area (Å²) >= 11 is 5.93. The van der Waals surface area contributed by atoms with Crippen molar-refractivity contribution in [3.63, 3.8) is 0 Å². The molecule has 8 heteroatoms. The van der Waals surface area contributed by atoms with Crippen LogP contribution in [0.4, 0.5) is 18.9 Å². The lowest BCUT2D eigenvalue weighted by atomic mass is 9.64. The molecule has 0 aliphatic heterocycles. The van der Waals surface area contributed by atoms with Gasteiger partial charge in [0, 0.05) is 5.41 Å².